The van der Waals surface area contributed by atoms with E-state index in [2.05, 4.69) is 10.6 Å². The van der Waals surface area contributed by atoms with Gasteiger partial charge in [0.1, 0.15) is 0 Å². The van der Waals surface area contributed by atoms with Crippen LogP contribution in [0.25, 0.3) is 6.08 Å². The minimum absolute atomic E-state index is 0.0331. The Bertz CT molecular complexity index is 813. The zero-order chi connectivity index (χ0) is 18.2. The fraction of sp³-hybridized carbons (Fsp3) is 0.111. The molecular weight excluding hydrogens is 322 g/mol. The van der Waals surface area contributed by atoms with Crippen LogP contribution in [0.1, 0.15) is 11.1 Å². The van der Waals surface area contributed by atoms with E-state index in [0.717, 1.165) is 5.56 Å². The van der Waals surface area contributed by atoms with Crippen molar-refractivity contribution < 1.29 is 14.5 Å². The molecular formula is C18H17N3O4. The summed E-state index contributed by atoms with van der Waals surface area (Å²) in [6.07, 6.45) is 3.08. The van der Waals surface area contributed by atoms with Crippen LogP contribution in [0.15, 0.2) is 54.6 Å². The van der Waals surface area contributed by atoms with Gasteiger partial charge in [0.2, 0.25) is 11.8 Å². The Balaban J connectivity index is 1.96. The van der Waals surface area contributed by atoms with Crippen molar-refractivity contribution in [3.05, 3.63) is 75.8 Å². The van der Waals surface area contributed by atoms with Gasteiger partial charge in [-0.05, 0) is 29.3 Å². The van der Waals surface area contributed by atoms with Gasteiger partial charge >= 0.3 is 0 Å². The van der Waals surface area contributed by atoms with Crippen LogP contribution in [0, 0.1) is 10.1 Å². The summed E-state index contributed by atoms with van der Waals surface area (Å²) in [5.74, 6) is -0.442. The van der Waals surface area contributed by atoms with Crippen LogP contribution in [0.5, 0.6) is 0 Å². The molecule has 0 heterocycles. The molecule has 0 saturated heterocycles. The largest absolute Gasteiger partial charge is 0.359 e. The van der Waals surface area contributed by atoms with E-state index in [1.54, 1.807) is 43.4 Å². The van der Waals surface area contributed by atoms with Crippen molar-refractivity contribution >= 4 is 29.3 Å². The Labute approximate surface area is 144 Å². The summed E-state index contributed by atoms with van der Waals surface area (Å²) >= 11 is 0. The third kappa shape index (κ3) is 5.58. The van der Waals surface area contributed by atoms with Gasteiger partial charge in [0, 0.05) is 30.9 Å². The van der Waals surface area contributed by atoms with Crippen LogP contribution in [-0.2, 0) is 16.0 Å². The molecule has 2 aromatic rings. The highest BCUT2D eigenvalue weighted by Crippen LogP contribution is 2.14. The third-order valence-corrected chi connectivity index (χ3v) is 3.37. The standard InChI is InChI=1S/C18H17N3O4/c1-19-18(23)12-14-5-8-15(9-6-14)20-17(22)10-7-13-3-2-4-16(11-13)21(24)25/h2-11H,12H2,1H3,(H,19,23)(H,20,22)/b10-7+. The molecule has 0 fully saturated rings. The van der Waals surface area contributed by atoms with Gasteiger partial charge in [0.15, 0.2) is 0 Å². The first-order valence-corrected chi connectivity index (χ1v) is 7.51. The van der Waals surface area contributed by atoms with Crippen LogP contribution in [0.4, 0.5) is 11.4 Å². The zero-order valence-electron chi connectivity index (χ0n) is 13.6. The number of nitrogens with one attached hydrogen (secondary N) is 2. The predicted molar refractivity (Wildman–Crippen MR) is 95.0 cm³/mol. The number of nitrogens with zero attached hydrogens (tertiary/aromatic N) is 1. The van der Waals surface area contributed by atoms with Crippen molar-refractivity contribution in [2.75, 3.05) is 12.4 Å². The number of nitro groups is 1. The molecule has 7 heteroatoms. The summed E-state index contributed by atoms with van der Waals surface area (Å²) in [4.78, 5) is 33.5. The summed E-state index contributed by atoms with van der Waals surface area (Å²) in [6, 6.07) is 12.9. The summed E-state index contributed by atoms with van der Waals surface area (Å²) in [6.45, 7) is 0. The number of carbonyl (C=O) groups is 2. The van der Waals surface area contributed by atoms with Crippen LogP contribution in [-0.4, -0.2) is 23.8 Å². The van der Waals surface area contributed by atoms with E-state index < -0.39 is 4.92 Å². The van der Waals surface area contributed by atoms with E-state index in [1.807, 2.05) is 0 Å². The SMILES string of the molecule is CNC(=O)Cc1ccc(NC(=O)/C=C/c2cccc([N+](=O)[O-])c2)cc1. The fourth-order valence-corrected chi connectivity index (χ4v) is 2.08. The van der Waals surface area contributed by atoms with Gasteiger partial charge in [-0.25, -0.2) is 0 Å². The number of likely N-dealkylation sites (N-methyl/N-ethyl adjacent to an activating group) is 1. The molecule has 7 nitrogen and oxygen atoms in total. The van der Waals surface area contributed by atoms with Gasteiger partial charge in [0.25, 0.3) is 5.69 Å². The van der Waals surface area contributed by atoms with Crippen molar-refractivity contribution in [3.63, 3.8) is 0 Å². The second kappa shape index (κ2) is 8.39. The molecule has 0 aliphatic heterocycles. The number of anilines is 1. The highest BCUT2D eigenvalue weighted by molar-refractivity contribution is 6.02. The molecule has 0 radical (unpaired) electrons. The molecule has 2 rings (SSSR count). The fourth-order valence-electron chi connectivity index (χ4n) is 2.08. The molecule has 128 valence electrons. The van der Waals surface area contributed by atoms with Gasteiger partial charge in [-0.1, -0.05) is 24.3 Å². The topological polar surface area (TPSA) is 101 Å². The van der Waals surface area contributed by atoms with Crippen LogP contribution < -0.4 is 10.6 Å². The second-order valence-corrected chi connectivity index (χ2v) is 5.22. The highest BCUT2D eigenvalue weighted by atomic mass is 16.6. The lowest BCUT2D eigenvalue weighted by molar-refractivity contribution is -0.384. The summed E-state index contributed by atoms with van der Waals surface area (Å²) < 4.78 is 0. The first-order valence-electron chi connectivity index (χ1n) is 7.51. The molecule has 2 amide bonds. The van der Waals surface area contributed by atoms with E-state index in [0.29, 0.717) is 11.3 Å². The molecule has 0 bridgehead atoms. The second-order valence-electron chi connectivity index (χ2n) is 5.22. The molecule has 0 aliphatic carbocycles. The molecule has 0 unspecified atom stereocenters. The maximum Gasteiger partial charge on any atom is 0.270 e. The number of hydrogen-bond donors (Lipinski definition) is 2. The molecule has 2 N–H and O–H groups in total. The molecule has 0 aromatic heterocycles. The number of benzene rings is 2. The predicted octanol–water partition coefficient (Wildman–Crippen LogP) is 2.54. The number of carbonyl (C=O) groups excluding carboxylic acids is 2. The van der Waals surface area contributed by atoms with Crippen molar-refractivity contribution in [1.82, 2.24) is 5.32 Å². The number of hydrogen-bond acceptors (Lipinski definition) is 4. The van der Waals surface area contributed by atoms with Crippen molar-refractivity contribution in [2.45, 2.75) is 6.42 Å². The quantitative estimate of drug-likeness (QED) is 0.480. The van der Waals surface area contributed by atoms with Crippen LogP contribution >= 0.6 is 0 Å². The van der Waals surface area contributed by atoms with Gasteiger partial charge in [-0.2, -0.15) is 0 Å². The maximum absolute atomic E-state index is 11.9. The van der Waals surface area contributed by atoms with Gasteiger partial charge in [0.05, 0.1) is 11.3 Å². The normalized spacial score (nSPS) is 10.4. The third-order valence-electron chi connectivity index (χ3n) is 3.37. The van der Waals surface area contributed by atoms with Crippen molar-refractivity contribution in [2.24, 2.45) is 0 Å². The lowest BCUT2D eigenvalue weighted by atomic mass is 10.1. The number of rotatable bonds is 6. The monoisotopic (exact) mass is 339 g/mol. The average Bonchev–Trinajstić information content (AvgIpc) is 2.61. The lowest BCUT2D eigenvalue weighted by Crippen LogP contribution is -2.19. The van der Waals surface area contributed by atoms with Crippen molar-refractivity contribution in [3.8, 4) is 0 Å². The first kappa shape index (κ1) is 17.9. The van der Waals surface area contributed by atoms with Crippen molar-refractivity contribution in [1.29, 1.82) is 0 Å². The van der Waals surface area contributed by atoms with Gasteiger partial charge in [-0.3, -0.25) is 19.7 Å². The van der Waals surface area contributed by atoms with E-state index in [1.165, 1.54) is 24.3 Å². The molecule has 25 heavy (non-hydrogen) atoms. The Morgan fingerprint density at radius 1 is 1.16 bits per heavy atom. The Morgan fingerprint density at radius 2 is 1.88 bits per heavy atom. The summed E-state index contributed by atoms with van der Waals surface area (Å²) in [5.41, 5.74) is 1.96. The highest BCUT2D eigenvalue weighted by Gasteiger charge is 2.05. The number of nitro benzene ring substituents is 1. The lowest BCUT2D eigenvalue weighted by Gasteiger charge is -2.04. The zero-order valence-corrected chi connectivity index (χ0v) is 13.6. The van der Waals surface area contributed by atoms with Crippen LogP contribution in [0.3, 0.4) is 0 Å². The van der Waals surface area contributed by atoms with E-state index in [-0.39, 0.29) is 23.9 Å². The Hall–Kier alpha value is -3.48. The molecule has 0 saturated carbocycles. The minimum atomic E-state index is -0.488. The molecule has 2 aromatic carbocycles. The maximum atomic E-state index is 11.9. The van der Waals surface area contributed by atoms with Gasteiger partial charge < -0.3 is 10.6 Å². The van der Waals surface area contributed by atoms with E-state index in [9.17, 15) is 19.7 Å². The van der Waals surface area contributed by atoms with Gasteiger partial charge in [-0.15, -0.1) is 0 Å². The summed E-state index contributed by atoms with van der Waals surface area (Å²) in [5, 5.41) is 16.0. The molecule has 0 aliphatic rings. The summed E-state index contributed by atoms with van der Waals surface area (Å²) in [7, 11) is 1.57. The van der Waals surface area contributed by atoms with E-state index >= 15 is 0 Å². The van der Waals surface area contributed by atoms with E-state index in [4.69, 9.17) is 0 Å². The van der Waals surface area contributed by atoms with Crippen LogP contribution in [0.2, 0.25) is 0 Å². The first-order chi connectivity index (χ1) is 12.0. The minimum Gasteiger partial charge on any atom is -0.359 e. The smallest absolute Gasteiger partial charge is 0.270 e. The Kier molecular flexibility index (Phi) is 6.00. The Morgan fingerprint density at radius 3 is 2.52 bits per heavy atom. The number of non-ortho nitro benzene ring substituents is 1. The molecule has 0 atom stereocenters. The average molecular weight is 339 g/mol. The molecule has 0 spiro atoms. The number of amides is 2.